The van der Waals surface area contributed by atoms with Crippen LogP contribution < -0.4 is 10.1 Å². The predicted octanol–water partition coefficient (Wildman–Crippen LogP) is 5.79. The van der Waals surface area contributed by atoms with Gasteiger partial charge in [0.1, 0.15) is 35.0 Å². The largest absolute Gasteiger partial charge is 0.496 e. The highest BCUT2D eigenvalue weighted by Gasteiger charge is 2.74. The topological polar surface area (TPSA) is 105 Å². The highest BCUT2D eigenvalue weighted by molar-refractivity contribution is 14.1. The van der Waals surface area contributed by atoms with E-state index in [2.05, 4.69) is 27.9 Å². The second kappa shape index (κ2) is 10.7. The summed E-state index contributed by atoms with van der Waals surface area (Å²) >= 11 is 2.12. The Morgan fingerprint density at radius 2 is 1.64 bits per heavy atom. The van der Waals surface area contributed by atoms with Crippen LogP contribution in [0.25, 0.3) is 0 Å². The number of benzene rings is 4. The average Bonchev–Trinajstić information content (AvgIpc) is 3.50. The van der Waals surface area contributed by atoms with E-state index >= 15 is 0 Å². The number of carbonyl (C=O) groups excluding carboxylic acids is 2. The number of esters is 1. The molecule has 44 heavy (non-hydrogen) atoms. The molecule has 4 aromatic carbocycles. The van der Waals surface area contributed by atoms with Gasteiger partial charge in [0.25, 0.3) is 0 Å². The fourth-order valence-electron chi connectivity index (χ4n) is 7.43. The maximum Gasteiger partial charge on any atom is 0.325 e. The summed E-state index contributed by atoms with van der Waals surface area (Å²) in [7, 11) is 1.39. The number of fused-ring (bicyclic) bond motifs is 3. The van der Waals surface area contributed by atoms with Crippen LogP contribution in [0.5, 0.6) is 5.75 Å². The molecule has 0 aromatic heterocycles. The standard InChI is InChI=1S/C34H26FIN2O6/c1-43-25-16-20(35)12-14-22(25)30-34(23-17-21(36)13-15-24(23)37-33(34)42)26(31(39)40)28-32(41)44-29(19-10-6-3-7-11-19)27(38(28)30)18-8-4-2-5-9-18/h2-17,26-30H,1H3,(H,37,42)(H,39,40)/t26-,27-,28-,29+,30+,34-/m0/s1. The minimum atomic E-state index is -1.81. The number of carbonyl (C=O) groups is 3. The third kappa shape index (κ3) is 4.07. The SMILES string of the molecule is COc1cc(F)ccc1[C@H]1N2[C@H](C(=O)O[C@H](c3ccccc3)[C@@H]2c2ccccc2)[C@@H](C(=O)O)[C@]12C(=O)Nc1ccc(I)cc12. The quantitative estimate of drug-likeness (QED) is 0.200. The van der Waals surface area contributed by atoms with Gasteiger partial charge in [0.2, 0.25) is 5.91 Å². The third-order valence-electron chi connectivity index (χ3n) is 9.03. The first-order valence-corrected chi connectivity index (χ1v) is 15.1. The Hall–Kier alpha value is -4.29. The van der Waals surface area contributed by atoms with E-state index in [0.717, 1.165) is 9.13 Å². The zero-order valence-electron chi connectivity index (χ0n) is 23.3. The van der Waals surface area contributed by atoms with Crippen LogP contribution in [0, 0.1) is 15.3 Å². The highest BCUT2D eigenvalue weighted by atomic mass is 127. The van der Waals surface area contributed by atoms with Gasteiger partial charge in [0.05, 0.1) is 19.2 Å². The van der Waals surface area contributed by atoms with Crippen molar-refractivity contribution in [3.05, 3.63) is 129 Å². The lowest BCUT2D eigenvalue weighted by Gasteiger charge is -2.46. The first-order chi connectivity index (χ1) is 21.3. The van der Waals surface area contributed by atoms with E-state index in [-0.39, 0.29) is 5.75 Å². The van der Waals surface area contributed by atoms with Gasteiger partial charge in [0.15, 0.2) is 0 Å². The minimum Gasteiger partial charge on any atom is -0.496 e. The van der Waals surface area contributed by atoms with Gasteiger partial charge in [-0.15, -0.1) is 0 Å². The smallest absolute Gasteiger partial charge is 0.325 e. The van der Waals surface area contributed by atoms with Gasteiger partial charge >= 0.3 is 11.9 Å². The van der Waals surface area contributed by atoms with Gasteiger partial charge in [0, 0.05) is 20.9 Å². The van der Waals surface area contributed by atoms with E-state index in [4.69, 9.17) is 9.47 Å². The summed E-state index contributed by atoms with van der Waals surface area (Å²) in [4.78, 5) is 44.0. The van der Waals surface area contributed by atoms with Crippen molar-refractivity contribution in [3.8, 4) is 5.75 Å². The maximum absolute atomic E-state index is 14.6. The molecular formula is C34H26FIN2O6. The molecule has 8 nitrogen and oxygen atoms in total. The first-order valence-electron chi connectivity index (χ1n) is 14.0. The molecule has 0 bridgehead atoms. The molecule has 222 valence electrons. The lowest BCUT2D eigenvalue weighted by Crippen LogP contribution is -2.52. The fourth-order valence-corrected chi connectivity index (χ4v) is 7.92. The molecular weight excluding hydrogens is 678 g/mol. The molecule has 0 unspecified atom stereocenters. The monoisotopic (exact) mass is 704 g/mol. The Balaban J connectivity index is 1.60. The highest BCUT2D eigenvalue weighted by Crippen LogP contribution is 2.65. The van der Waals surface area contributed by atoms with E-state index in [0.29, 0.717) is 22.4 Å². The number of carboxylic acid groups (broad SMARTS) is 1. The van der Waals surface area contributed by atoms with Crippen molar-refractivity contribution in [2.24, 2.45) is 5.92 Å². The molecule has 1 spiro atoms. The number of halogens is 2. The fraction of sp³-hybridized carbons (Fsp3) is 0.206. The number of morpholine rings is 1. The first kappa shape index (κ1) is 28.5. The Labute approximate surface area is 265 Å². The van der Waals surface area contributed by atoms with Crippen molar-refractivity contribution in [3.63, 3.8) is 0 Å². The number of nitrogens with zero attached hydrogens (tertiary/aromatic N) is 1. The van der Waals surface area contributed by atoms with Gasteiger partial charge in [-0.3, -0.25) is 19.3 Å². The molecule has 3 aliphatic heterocycles. The van der Waals surface area contributed by atoms with Gasteiger partial charge in [-0.05, 0) is 63.5 Å². The second-order valence-corrected chi connectivity index (χ2v) is 12.4. The van der Waals surface area contributed by atoms with E-state index in [9.17, 15) is 23.9 Å². The number of cyclic esters (lactones) is 1. The molecule has 2 N–H and O–H groups in total. The van der Waals surface area contributed by atoms with E-state index < -0.39 is 59.2 Å². The molecule has 7 rings (SSSR count). The lowest BCUT2D eigenvalue weighted by molar-refractivity contribution is -0.179. The summed E-state index contributed by atoms with van der Waals surface area (Å²) in [5, 5.41) is 13.9. The number of hydrogen-bond acceptors (Lipinski definition) is 6. The number of methoxy groups -OCH3 is 1. The van der Waals surface area contributed by atoms with Crippen LogP contribution in [0.1, 0.15) is 40.4 Å². The van der Waals surface area contributed by atoms with Crippen molar-refractivity contribution in [1.82, 2.24) is 4.90 Å². The molecule has 4 aromatic rings. The lowest BCUT2D eigenvalue weighted by atomic mass is 9.65. The van der Waals surface area contributed by atoms with E-state index in [1.807, 2.05) is 71.6 Å². The van der Waals surface area contributed by atoms with Crippen molar-refractivity contribution < 1.29 is 33.4 Å². The molecule has 2 fully saturated rings. The van der Waals surface area contributed by atoms with Crippen LogP contribution in [0.2, 0.25) is 0 Å². The van der Waals surface area contributed by atoms with Crippen LogP contribution in [-0.4, -0.2) is 41.0 Å². The Morgan fingerprint density at radius 1 is 0.955 bits per heavy atom. The van der Waals surface area contributed by atoms with Crippen molar-refractivity contribution >= 4 is 46.1 Å². The molecule has 3 heterocycles. The molecule has 10 heteroatoms. The van der Waals surface area contributed by atoms with Crippen LogP contribution in [0.4, 0.5) is 10.1 Å². The van der Waals surface area contributed by atoms with Crippen molar-refractivity contribution in [2.75, 3.05) is 12.4 Å². The zero-order chi connectivity index (χ0) is 30.7. The van der Waals surface area contributed by atoms with Crippen LogP contribution in [0.15, 0.2) is 97.1 Å². The Bertz CT molecular complexity index is 1800. The van der Waals surface area contributed by atoms with E-state index in [1.165, 1.54) is 25.3 Å². The molecule has 0 saturated carbocycles. The molecule has 6 atom stereocenters. The van der Waals surface area contributed by atoms with Crippen LogP contribution in [-0.2, 0) is 24.5 Å². The maximum atomic E-state index is 14.6. The average molecular weight is 704 g/mol. The molecule has 3 aliphatic rings. The van der Waals surface area contributed by atoms with E-state index in [1.54, 1.807) is 12.1 Å². The number of hydrogen-bond donors (Lipinski definition) is 2. The van der Waals surface area contributed by atoms with Crippen molar-refractivity contribution in [2.45, 2.75) is 29.6 Å². The Kier molecular flexibility index (Phi) is 6.93. The molecule has 1 amide bonds. The summed E-state index contributed by atoms with van der Waals surface area (Å²) in [6.07, 6.45) is -0.847. The summed E-state index contributed by atoms with van der Waals surface area (Å²) in [6.45, 7) is 0. The predicted molar refractivity (Wildman–Crippen MR) is 166 cm³/mol. The number of amides is 1. The zero-order valence-corrected chi connectivity index (χ0v) is 25.5. The normalized spacial score (nSPS) is 27.4. The van der Waals surface area contributed by atoms with Crippen LogP contribution in [0.3, 0.4) is 0 Å². The summed E-state index contributed by atoms with van der Waals surface area (Å²) in [6, 6.07) is 24.7. The van der Waals surface area contributed by atoms with Crippen LogP contribution >= 0.6 is 22.6 Å². The number of carboxylic acids is 1. The molecule has 0 radical (unpaired) electrons. The number of nitrogens with one attached hydrogen (secondary N) is 1. The van der Waals surface area contributed by atoms with Gasteiger partial charge in [-0.2, -0.15) is 0 Å². The Morgan fingerprint density at radius 3 is 2.30 bits per heavy atom. The number of aliphatic carboxylic acids is 1. The molecule has 2 saturated heterocycles. The molecule has 0 aliphatic carbocycles. The minimum absolute atomic E-state index is 0.132. The summed E-state index contributed by atoms with van der Waals surface area (Å²) in [5.74, 6) is -4.64. The number of ether oxygens (including phenoxy) is 2. The van der Waals surface area contributed by atoms with Gasteiger partial charge in [-0.1, -0.05) is 66.7 Å². The number of rotatable bonds is 5. The third-order valence-corrected chi connectivity index (χ3v) is 9.70. The number of anilines is 1. The van der Waals surface area contributed by atoms with Crippen molar-refractivity contribution in [1.29, 1.82) is 0 Å². The summed E-state index contributed by atoms with van der Waals surface area (Å²) in [5.41, 5.74) is 0.937. The van der Waals surface area contributed by atoms with Gasteiger partial charge < -0.3 is 19.9 Å². The second-order valence-electron chi connectivity index (χ2n) is 11.1. The van der Waals surface area contributed by atoms with Gasteiger partial charge in [-0.25, -0.2) is 4.39 Å². The summed E-state index contributed by atoms with van der Waals surface area (Å²) < 4.78 is 27.3.